The zero-order chi connectivity index (χ0) is 14.5. The molecule has 20 heavy (non-hydrogen) atoms. The third-order valence-electron chi connectivity index (χ3n) is 3.43. The molecule has 0 atom stereocenters. The highest BCUT2D eigenvalue weighted by Crippen LogP contribution is 2.40. The van der Waals surface area contributed by atoms with Crippen molar-refractivity contribution in [1.82, 2.24) is 15.0 Å². The van der Waals surface area contributed by atoms with Crippen molar-refractivity contribution in [3.8, 4) is 0 Å². The van der Waals surface area contributed by atoms with E-state index >= 15 is 0 Å². The molecule has 0 aromatic carbocycles. The van der Waals surface area contributed by atoms with Gasteiger partial charge in [0.05, 0.1) is 5.69 Å². The maximum absolute atomic E-state index is 12.4. The molecule has 1 aliphatic heterocycles. The van der Waals surface area contributed by atoms with E-state index in [9.17, 15) is 8.42 Å². The Bertz CT molecular complexity index is 671. The van der Waals surface area contributed by atoms with Crippen molar-refractivity contribution in [2.24, 2.45) is 12.2 Å². The summed E-state index contributed by atoms with van der Waals surface area (Å²) in [6, 6.07) is 0. The van der Waals surface area contributed by atoms with Gasteiger partial charge in [-0.2, -0.15) is 15.0 Å². The van der Waals surface area contributed by atoms with Crippen LogP contribution < -0.4 is 0 Å². The topological polar surface area (TPSA) is 86.4 Å². The minimum atomic E-state index is -3.49. The summed E-state index contributed by atoms with van der Waals surface area (Å²) in [7, 11) is -1.78. The molecule has 0 amide bonds. The van der Waals surface area contributed by atoms with Gasteiger partial charge < -0.3 is 4.84 Å². The highest BCUT2D eigenvalue weighted by molar-refractivity contribution is 8.05. The smallest absolute Gasteiger partial charge is 0.200 e. The summed E-state index contributed by atoms with van der Waals surface area (Å²) < 4.78 is 24.8. The Morgan fingerprint density at radius 3 is 2.60 bits per heavy atom. The van der Waals surface area contributed by atoms with Gasteiger partial charge in [0.1, 0.15) is 17.0 Å². The molecule has 110 valence electrons. The van der Waals surface area contributed by atoms with Crippen LogP contribution in [0.15, 0.2) is 5.16 Å². The van der Waals surface area contributed by atoms with Crippen LogP contribution >= 0.6 is 0 Å². The third kappa shape index (κ3) is 2.56. The van der Waals surface area contributed by atoms with Crippen LogP contribution in [0.25, 0.3) is 0 Å². The zero-order valence-corrected chi connectivity index (χ0v) is 12.6. The number of oxime groups is 1. The summed E-state index contributed by atoms with van der Waals surface area (Å²) in [6.45, 7) is 3.63. The minimum absolute atomic E-state index is 0.106. The molecule has 2 aliphatic rings. The Hall–Kier alpha value is -1.44. The molecule has 3 rings (SSSR count). The van der Waals surface area contributed by atoms with Gasteiger partial charge in [-0.25, -0.2) is 8.42 Å². The van der Waals surface area contributed by atoms with Crippen LogP contribution in [0.4, 0.5) is 0 Å². The van der Waals surface area contributed by atoms with Crippen LogP contribution in [0.1, 0.15) is 50.4 Å². The van der Waals surface area contributed by atoms with E-state index in [1.165, 1.54) is 4.80 Å². The van der Waals surface area contributed by atoms with E-state index in [0.717, 1.165) is 18.5 Å². The average molecular weight is 298 g/mol. The number of nitrogens with zero attached hydrogens (tertiary/aromatic N) is 4. The number of hydrogen-bond acceptors (Lipinski definition) is 6. The van der Waals surface area contributed by atoms with E-state index in [-0.39, 0.29) is 10.8 Å². The Kier molecular flexibility index (Phi) is 2.89. The Morgan fingerprint density at radius 1 is 1.35 bits per heavy atom. The summed E-state index contributed by atoms with van der Waals surface area (Å²) in [5, 5.41) is 12.3. The first-order valence-corrected chi connectivity index (χ1v) is 8.30. The zero-order valence-electron chi connectivity index (χ0n) is 11.8. The highest BCUT2D eigenvalue weighted by atomic mass is 32.2. The maximum atomic E-state index is 12.4. The van der Waals surface area contributed by atoms with Crippen molar-refractivity contribution >= 4 is 14.9 Å². The summed E-state index contributed by atoms with van der Waals surface area (Å²) in [5.41, 5.74) is 0.807. The molecule has 1 aromatic heterocycles. The first kappa shape index (κ1) is 13.5. The van der Waals surface area contributed by atoms with Crippen molar-refractivity contribution in [3.63, 3.8) is 0 Å². The SMILES string of the molecule is Cn1nc(CS(=O)(=O)C2=NOC(C)(C)C2)c(C2CC2)n1. The number of sulfone groups is 1. The van der Waals surface area contributed by atoms with E-state index in [4.69, 9.17) is 4.84 Å². The molecule has 1 saturated carbocycles. The lowest BCUT2D eigenvalue weighted by Crippen LogP contribution is -2.23. The van der Waals surface area contributed by atoms with Crippen molar-refractivity contribution in [2.75, 3.05) is 0 Å². The molecule has 1 aromatic rings. The van der Waals surface area contributed by atoms with Crippen molar-refractivity contribution < 1.29 is 13.3 Å². The summed E-state index contributed by atoms with van der Waals surface area (Å²) in [6.07, 6.45) is 2.42. The van der Waals surface area contributed by atoms with Gasteiger partial charge >= 0.3 is 0 Å². The quantitative estimate of drug-likeness (QED) is 0.834. The Labute approximate surface area is 117 Å². The second-order valence-electron chi connectivity index (χ2n) is 6.07. The second kappa shape index (κ2) is 4.28. The number of aryl methyl sites for hydroxylation is 1. The summed E-state index contributed by atoms with van der Waals surface area (Å²) in [4.78, 5) is 6.58. The standard InChI is InChI=1S/C12H18N4O3S/c1-12(2)6-10(15-19-12)20(17,18)7-9-11(8-4-5-8)14-16(3)13-9/h8H,4-7H2,1-3H3. The van der Waals surface area contributed by atoms with Crippen LogP contribution in [-0.4, -0.2) is 34.1 Å². The predicted molar refractivity (Wildman–Crippen MR) is 72.8 cm³/mol. The fraction of sp³-hybridized carbons (Fsp3) is 0.750. The maximum Gasteiger partial charge on any atom is 0.200 e. The van der Waals surface area contributed by atoms with Gasteiger partial charge in [0, 0.05) is 19.4 Å². The second-order valence-corrected chi connectivity index (χ2v) is 8.06. The molecule has 1 fully saturated rings. The first-order chi connectivity index (χ1) is 9.27. The molecule has 0 bridgehead atoms. The normalized spacial score (nSPS) is 21.6. The molecular weight excluding hydrogens is 280 g/mol. The number of hydrogen-bond donors (Lipinski definition) is 0. The fourth-order valence-electron chi connectivity index (χ4n) is 2.27. The monoisotopic (exact) mass is 298 g/mol. The van der Waals surface area contributed by atoms with E-state index in [0.29, 0.717) is 18.0 Å². The molecule has 1 aliphatic carbocycles. The highest BCUT2D eigenvalue weighted by Gasteiger charge is 2.38. The Balaban J connectivity index is 1.84. The molecule has 0 N–H and O–H groups in total. The summed E-state index contributed by atoms with van der Waals surface area (Å²) >= 11 is 0. The van der Waals surface area contributed by atoms with Gasteiger partial charge in [-0.3, -0.25) is 0 Å². The molecular formula is C12H18N4O3S. The molecule has 2 heterocycles. The van der Waals surface area contributed by atoms with Gasteiger partial charge in [0.2, 0.25) is 9.84 Å². The largest absolute Gasteiger partial charge is 0.389 e. The molecule has 0 unspecified atom stereocenters. The van der Waals surface area contributed by atoms with E-state index < -0.39 is 15.4 Å². The van der Waals surface area contributed by atoms with E-state index in [1.54, 1.807) is 7.05 Å². The summed E-state index contributed by atoms with van der Waals surface area (Å²) in [5.74, 6) is 0.220. The lowest BCUT2D eigenvalue weighted by Gasteiger charge is -2.13. The number of rotatable bonds is 3. The van der Waals surface area contributed by atoms with Crippen molar-refractivity contribution in [1.29, 1.82) is 0 Å². The predicted octanol–water partition coefficient (Wildman–Crippen LogP) is 1.12. The molecule has 0 spiro atoms. The molecule has 0 radical (unpaired) electrons. The van der Waals surface area contributed by atoms with Crippen LogP contribution in [-0.2, 0) is 27.5 Å². The van der Waals surface area contributed by atoms with Gasteiger partial charge in [0.25, 0.3) is 0 Å². The fourth-order valence-corrected chi connectivity index (χ4v) is 3.72. The van der Waals surface area contributed by atoms with Crippen molar-refractivity contribution in [3.05, 3.63) is 11.4 Å². The Morgan fingerprint density at radius 2 is 2.05 bits per heavy atom. The molecule has 7 nitrogen and oxygen atoms in total. The van der Waals surface area contributed by atoms with Crippen LogP contribution in [0.5, 0.6) is 0 Å². The van der Waals surface area contributed by atoms with Crippen LogP contribution in [0.2, 0.25) is 0 Å². The van der Waals surface area contributed by atoms with Crippen LogP contribution in [0.3, 0.4) is 0 Å². The van der Waals surface area contributed by atoms with E-state index in [1.807, 2.05) is 13.8 Å². The minimum Gasteiger partial charge on any atom is -0.389 e. The average Bonchev–Trinajstić information content (AvgIpc) is 3.00. The van der Waals surface area contributed by atoms with Gasteiger partial charge in [-0.15, -0.1) is 0 Å². The van der Waals surface area contributed by atoms with E-state index in [2.05, 4.69) is 15.4 Å². The first-order valence-electron chi connectivity index (χ1n) is 6.65. The third-order valence-corrected chi connectivity index (χ3v) is 5.03. The number of aromatic nitrogens is 3. The molecule has 0 saturated heterocycles. The molecule has 8 heteroatoms. The van der Waals surface area contributed by atoms with Gasteiger partial charge in [-0.1, -0.05) is 5.16 Å². The van der Waals surface area contributed by atoms with Gasteiger partial charge in [0.15, 0.2) is 5.04 Å². The lowest BCUT2D eigenvalue weighted by molar-refractivity contribution is 0.0123. The lowest BCUT2D eigenvalue weighted by atomic mass is 10.1. The van der Waals surface area contributed by atoms with Crippen LogP contribution in [0, 0.1) is 0 Å². The van der Waals surface area contributed by atoms with Gasteiger partial charge in [-0.05, 0) is 26.7 Å². The van der Waals surface area contributed by atoms with Crippen molar-refractivity contribution in [2.45, 2.75) is 50.4 Å².